The minimum Gasteiger partial charge on any atom is -0.481 e. The molecule has 1 aliphatic rings. The molecule has 1 fully saturated rings. The van der Waals surface area contributed by atoms with Crippen LogP contribution in [0, 0.1) is 11.8 Å². The maximum Gasteiger partial charge on any atom is 0.326 e. The number of ketones is 1. The summed E-state index contributed by atoms with van der Waals surface area (Å²) in [6, 6.07) is -3.10. The van der Waals surface area contributed by atoms with E-state index in [-0.39, 0.29) is 38.1 Å². The summed E-state index contributed by atoms with van der Waals surface area (Å²) in [7, 11) is 0. The molecule has 0 bridgehead atoms. The quantitative estimate of drug-likeness (QED) is 0.340. The van der Waals surface area contributed by atoms with Gasteiger partial charge in [-0.25, -0.2) is 4.79 Å². The maximum absolute atomic E-state index is 12.8. The van der Waals surface area contributed by atoms with Gasteiger partial charge in [0.1, 0.15) is 12.0 Å². The number of Topliss-reactive ketones (excluding diaryl/α,β-unsaturated/α-hetero) is 1. The normalized spacial score (nSPS) is 20.0. The van der Waals surface area contributed by atoms with E-state index in [1.54, 1.807) is 0 Å². The van der Waals surface area contributed by atoms with Crippen molar-refractivity contribution in [1.82, 2.24) is 10.2 Å². The maximum atomic E-state index is 12.8. The molecule has 0 aromatic rings. The first kappa shape index (κ1) is 23.5. The number of nitrogens with one attached hydrogen (secondary N) is 1. The molecule has 0 aliphatic carbocycles. The number of likely N-dealkylation sites (tertiary alicyclic amines) is 1. The zero-order chi connectivity index (χ0) is 21.6. The Morgan fingerprint density at radius 1 is 1.21 bits per heavy atom. The second-order valence-electron chi connectivity index (χ2n) is 7.54. The van der Waals surface area contributed by atoms with Crippen molar-refractivity contribution in [3.8, 4) is 0 Å². The van der Waals surface area contributed by atoms with E-state index in [9.17, 15) is 29.1 Å². The van der Waals surface area contributed by atoms with Crippen LogP contribution >= 0.6 is 0 Å². The molecule has 158 valence electrons. The Morgan fingerprint density at radius 3 is 2.29 bits per heavy atom. The average Bonchev–Trinajstić information content (AvgIpc) is 2.96. The number of hydrogen-bond acceptors (Lipinski definition) is 6. The van der Waals surface area contributed by atoms with Gasteiger partial charge in [-0.2, -0.15) is 0 Å². The van der Waals surface area contributed by atoms with Gasteiger partial charge in [0.15, 0.2) is 5.78 Å². The highest BCUT2D eigenvalue weighted by molar-refractivity contribution is 6.07. The van der Waals surface area contributed by atoms with E-state index in [2.05, 4.69) is 5.32 Å². The van der Waals surface area contributed by atoms with Gasteiger partial charge in [-0.15, -0.1) is 0 Å². The molecular formula is C18H29N3O7. The van der Waals surface area contributed by atoms with Crippen LogP contribution in [-0.2, 0) is 24.0 Å². The van der Waals surface area contributed by atoms with Gasteiger partial charge in [-0.05, 0) is 32.1 Å². The number of nitrogens with zero attached hydrogens (tertiary/aromatic N) is 1. The highest BCUT2D eigenvalue weighted by Gasteiger charge is 2.44. The van der Waals surface area contributed by atoms with Gasteiger partial charge in [-0.3, -0.25) is 19.2 Å². The largest absolute Gasteiger partial charge is 0.481 e. The Morgan fingerprint density at radius 2 is 1.82 bits per heavy atom. The number of carbonyl (C=O) groups excluding carboxylic acids is 3. The molecule has 0 aromatic carbocycles. The number of nitrogens with two attached hydrogens (primary N) is 1. The standard InChI is InChI=1S/C18H29N3O7/c1-9(2)8-13(18(27)28)21-7-6-11(17(21)26)15(24)12(4-5-14(22)23)20-16(25)10(3)19/h9-13H,4-8,19H2,1-3H3,(H,20,25)(H,22,23)(H,27,28)/t10-,11+,12-,13-/m0/s1. The second kappa shape index (κ2) is 10.2. The predicted molar refractivity (Wildman–Crippen MR) is 98.2 cm³/mol. The molecule has 1 heterocycles. The molecule has 1 rings (SSSR count). The molecule has 5 N–H and O–H groups in total. The third-order valence-electron chi connectivity index (χ3n) is 4.66. The summed E-state index contributed by atoms with van der Waals surface area (Å²) in [6.07, 6.45) is -0.168. The number of amides is 2. The number of aliphatic carboxylic acids is 2. The lowest BCUT2D eigenvalue weighted by atomic mass is 9.93. The van der Waals surface area contributed by atoms with E-state index in [1.165, 1.54) is 11.8 Å². The summed E-state index contributed by atoms with van der Waals surface area (Å²) in [5.74, 6) is -5.20. The van der Waals surface area contributed by atoms with E-state index in [4.69, 9.17) is 10.8 Å². The van der Waals surface area contributed by atoms with Crippen molar-refractivity contribution < 1.29 is 34.2 Å². The minimum atomic E-state index is -1.17. The Kier molecular flexibility index (Phi) is 8.55. The van der Waals surface area contributed by atoms with Crippen molar-refractivity contribution in [1.29, 1.82) is 0 Å². The Hall–Kier alpha value is -2.49. The van der Waals surface area contributed by atoms with Crippen LogP contribution in [0.5, 0.6) is 0 Å². The van der Waals surface area contributed by atoms with Crippen molar-refractivity contribution in [2.24, 2.45) is 17.6 Å². The molecular weight excluding hydrogens is 370 g/mol. The molecule has 10 heteroatoms. The lowest BCUT2D eigenvalue weighted by Gasteiger charge is -2.26. The van der Waals surface area contributed by atoms with Crippen LogP contribution in [-0.4, -0.2) is 69.3 Å². The molecule has 0 aromatic heterocycles. The Labute approximate surface area is 163 Å². The summed E-state index contributed by atoms with van der Waals surface area (Å²) in [6.45, 7) is 5.21. The van der Waals surface area contributed by atoms with Crippen LogP contribution < -0.4 is 11.1 Å². The summed E-state index contributed by atoms with van der Waals surface area (Å²) in [5.41, 5.74) is 5.48. The molecule has 0 unspecified atom stereocenters. The summed E-state index contributed by atoms with van der Waals surface area (Å²) >= 11 is 0. The molecule has 4 atom stereocenters. The molecule has 2 amide bonds. The zero-order valence-corrected chi connectivity index (χ0v) is 16.4. The van der Waals surface area contributed by atoms with Crippen molar-refractivity contribution in [2.45, 2.75) is 64.6 Å². The van der Waals surface area contributed by atoms with Crippen LogP contribution in [0.25, 0.3) is 0 Å². The first-order valence-corrected chi connectivity index (χ1v) is 9.30. The first-order chi connectivity index (χ1) is 13.0. The lowest BCUT2D eigenvalue weighted by molar-refractivity contribution is -0.151. The van der Waals surface area contributed by atoms with Crippen LogP contribution in [0.4, 0.5) is 0 Å². The molecule has 1 aliphatic heterocycles. The number of carboxylic acids is 2. The fourth-order valence-corrected chi connectivity index (χ4v) is 3.18. The SMILES string of the molecule is CC(C)C[C@@H](C(=O)O)N1CC[C@H](C(=O)[C@H](CCC(=O)O)NC(=O)[C@H](C)N)C1=O. The zero-order valence-electron chi connectivity index (χ0n) is 16.4. The third kappa shape index (κ3) is 6.29. The van der Waals surface area contributed by atoms with Crippen LogP contribution in [0.3, 0.4) is 0 Å². The van der Waals surface area contributed by atoms with E-state index in [0.717, 1.165) is 0 Å². The van der Waals surface area contributed by atoms with Crippen molar-refractivity contribution in [3.05, 3.63) is 0 Å². The van der Waals surface area contributed by atoms with E-state index in [1.807, 2.05) is 13.8 Å². The molecule has 28 heavy (non-hydrogen) atoms. The van der Waals surface area contributed by atoms with E-state index in [0.29, 0.717) is 0 Å². The Bertz CT molecular complexity index is 633. The van der Waals surface area contributed by atoms with Gasteiger partial charge >= 0.3 is 11.9 Å². The average molecular weight is 399 g/mol. The molecule has 1 saturated heterocycles. The minimum absolute atomic E-state index is 0.0392. The van der Waals surface area contributed by atoms with Gasteiger partial charge in [0.05, 0.1) is 12.1 Å². The smallest absolute Gasteiger partial charge is 0.326 e. The Balaban J connectivity index is 2.96. The van der Waals surface area contributed by atoms with Crippen molar-refractivity contribution >= 4 is 29.5 Å². The fraction of sp³-hybridized carbons (Fsp3) is 0.722. The summed E-state index contributed by atoms with van der Waals surface area (Å²) < 4.78 is 0. The predicted octanol–water partition coefficient (Wildman–Crippen LogP) is -0.400. The highest BCUT2D eigenvalue weighted by Crippen LogP contribution is 2.26. The van der Waals surface area contributed by atoms with Crippen molar-refractivity contribution in [3.63, 3.8) is 0 Å². The molecule has 0 spiro atoms. The van der Waals surface area contributed by atoms with Crippen LogP contribution in [0.2, 0.25) is 0 Å². The molecule has 0 saturated carbocycles. The van der Waals surface area contributed by atoms with Crippen molar-refractivity contribution in [2.75, 3.05) is 6.54 Å². The second-order valence-corrected chi connectivity index (χ2v) is 7.54. The van der Waals surface area contributed by atoms with Gasteiger partial charge in [0, 0.05) is 13.0 Å². The van der Waals surface area contributed by atoms with Gasteiger partial charge < -0.3 is 26.2 Å². The van der Waals surface area contributed by atoms with Crippen LogP contribution in [0.15, 0.2) is 0 Å². The summed E-state index contributed by atoms with van der Waals surface area (Å²) in [5, 5.41) is 20.7. The first-order valence-electron chi connectivity index (χ1n) is 9.30. The number of carbonyl (C=O) groups is 5. The van der Waals surface area contributed by atoms with Gasteiger partial charge in [0.2, 0.25) is 11.8 Å². The fourth-order valence-electron chi connectivity index (χ4n) is 3.18. The monoisotopic (exact) mass is 399 g/mol. The molecule has 0 radical (unpaired) electrons. The number of carboxylic acid groups (broad SMARTS) is 2. The lowest BCUT2D eigenvalue weighted by Crippen LogP contribution is -2.50. The van der Waals surface area contributed by atoms with E-state index >= 15 is 0 Å². The number of rotatable bonds is 11. The van der Waals surface area contributed by atoms with Gasteiger partial charge in [-0.1, -0.05) is 13.8 Å². The van der Waals surface area contributed by atoms with E-state index < -0.39 is 53.6 Å². The highest BCUT2D eigenvalue weighted by atomic mass is 16.4. The van der Waals surface area contributed by atoms with Crippen LogP contribution in [0.1, 0.15) is 46.5 Å². The third-order valence-corrected chi connectivity index (χ3v) is 4.66. The number of hydrogen-bond donors (Lipinski definition) is 4. The molecule has 10 nitrogen and oxygen atoms in total. The summed E-state index contributed by atoms with van der Waals surface area (Å²) in [4.78, 5) is 61.1. The topological polar surface area (TPSA) is 167 Å². The van der Waals surface area contributed by atoms with Gasteiger partial charge in [0.25, 0.3) is 0 Å².